The van der Waals surface area contributed by atoms with Gasteiger partial charge in [0.1, 0.15) is 23.0 Å². The number of ketones is 2. The van der Waals surface area contributed by atoms with E-state index in [1.807, 2.05) is 0 Å². The Hall–Kier alpha value is -2.24. The molecule has 0 aliphatic heterocycles. The Morgan fingerprint density at radius 3 is 1.67 bits per heavy atom. The molecule has 6 nitrogen and oxygen atoms in total. The summed E-state index contributed by atoms with van der Waals surface area (Å²) in [7, 11) is 0. The van der Waals surface area contributed by atoms with Gasteiger partial charge in [-0.1, -0.05) is 0 Å². The van der Waals surface area contributed by atoms with Crippen LogP contribution in [-0.4, -0.2) is 32.0 Å². The lowest BCUT2D eigenvalue weighted by molar-refractivity contribution is -0.117. The zero-order valence-electron chi connectivity index (χ0n) is 10.3. The van der Waals surface area contributed by atoms with Crippen LogP contribution in [0.2, 0.25) is 0 Å². The highest BCUT2D eigenvalue weighted by molar-refractivity contribution is 5.78. The van der Waals surface area contributed by atoms with Gasteiger partial charge in [0.2, 0.25) is 0 Å². The molecule has 6 heteroatoms. The van der Waals surface area contributed by atoms with Gasteiger partial charge in [0.25, 0.3) is 0 Å². The molecule has 0 saturated heterocycles. The van der Waals surface area contributed by atoms with Crippen molar-refractivity contribution in [3.8, 4) is 11.4 Å². The van der Waals surface area contributed by atoms with Crippen LogP contribution >= 0.6 is 0 Å². The number of rotatable bonds is 5. The standard InChI is InChI=1S/C12H14N4O2/c1-7(17)3-9-5-11(15-13-9)12-6-10(14-16-12)4-8(2)18/h5-6H,3-4H2,1-2H3,(H,13,15)(H,14,16). The van der Waals surface area contributed by atoms with Crippen LogP contribution in [0.3, 0.4) is 0 Å². The maximum atomic E-state index is 11.0. The van der Waals surface area contributed by atoms with Crippen molar-refractivity contribution in [3.05, 3.63) is 23.5 Å². The number of nitrogens with one attached hydrogen (secondary N) is 2. The third-order valence-corrected chi connectivity index (χ3v) is 2.40. The van der Waals surface area contributed by atoms with E-state index in [2.05, 4.69) is 20.4 Å². The monoisotopic (exact) mass is 246 g/mol. The lowest BCUT2D eigenvalue weighted by Crippen LogP contribution is -1.95. The number of nitrogens with zero attached hydrogens (tertiary/aromatic N) is 2. The Balaban J connectivity index is 2.15. The molecule has 2 aromatic rings. The van der Waals surface area contributed by atoms with Crippen molar-refractivity contribution in [1.29, 1.82) is 0 Å². The van der Waals surface area contributed by atoms with E-state index in [-0.39, 0.29) is 11.6 Å². The first kappa shape index (κ1) is 12.2. The van der Waals surface area contributed by atoms with Gasteiger partial charge in [0, 0.05) is 24.2 Å². The minimum Gasteiger partial charge on any atom is -0.300 e. The van der Waals surface area contributed by atoms with Crippen molar-refractivity contribution in [2.24, 2.45) is 0 Å². The quantitative estimate of drug-likeness (QED) is 0.825. The van der Waals surface area contributed by atoms with E-state index in [1.165, 1.54) is 13.8 Å². The fourth-order valence-corrected chi connectivity index (χ4v) is 1.70. The van der Waals surface area contributed by atoms with Gasteiger partial charge in [-0.3, -0.25) is 19.8 Å². The van der Waals surface area contributed by atoms with Gasteiger partial charge in [0.05, 0.1) is 0 Å². The lowest BCUT2D eigenvalue weighted by Gasteiger charge is -1.88. The summed E-state index contributed by atoms with van der Waals surface area (Å²) in [6.07, 6.45) is 0.662. The van der Waals surface area contributed by atoms with Crippen molar-refractivity contribution in [1.82, 2.24) is 20.4 Å². The van der Waals surface area contributed by atoms with E-state index >= 15 is 0 Å². The summed E-state index contributed by atoms with van der Waals surface area (Å²) >= 11 is 0. The van der Waals surface area contributed by atoms with E-state index in [9.17, 15) is 9.59 Å². The zero-order valence-corrected chi connectivity index (χ0v) is 10.3. The first-order chi connectivity index (χ1) is 8.54. The molecule has 0 saturated carbocycles. The highest BCUT2D eigenvalue weighted by Crippen LogP contribution is 2.16. The van der Waals surface area contributed by atoms with Gasteiger partial charge < -0.3 is 0 Å². The number of aromatic nitrogens is 4. The maximum absolute atomic E-state index is 11.0. The van der Waals surface area contributed by atoms with E-state index in [0.717, 1.165) is 11.4 Å². The van der Waals surface area contributed by atoms with E-state index in [0.29, 0.717) is 24.2 Å². The highest BCUT2D eigenvalue weighted by atomic mass is 16.1. The molecule has 2 rings (SSSR count). The molecule has 0 unspecified atom stereocenters. The van der Waals surface area contributed by atoms with Crippen LogP contribution in [0.25, 0.3) is 11.4 Å². The summed E-state index contributed by atoms with van der Waals surface area (Å²) in [6, 6.07) is 3.57. The molecule has 0 aromatic carbocycles. The van der Waals surface area contributed by atoms with E-state index < -0.39 is 0 Å². The van der Waals surface area contributed by atoms with Crippen LogP contribution in [-0.2, 0) is 22.4 Å². The molecule has 0 atom stereocenters. The Morgan fingerprint density at radius 2 is 1.33 bits per heavy atom. The Bertz CT molecular complexity index is 530. The molecular weight excluding hydrogens is 232 g/mol. The van der Waals surface area contributed by atoms with Crippen LogP contribution in [0, 0.1) is 0 Å². The van der Waals surface area contributed by atoms with Crippen molar-refractivity contribution >= 4 is 11.6 Å². The summed E-state index contributed by atoms with van der Waals surface area (Å²) in [5.41, 5.74) is 2.84. The molecule has 0 fully saturated rings. The molecule has 0 amide bonds. The Morgan fingerprint density at radius 1 is 0.944 bits per heavy atom. The van der Waals surface area contributed by atoms with Crippen LogP contribution in [0.4, 0.5) is 0 Å². The van der Waals surface area contributed by atoms with Crippen LogP contribution < -0.4 is 0 Å². The van der Waals surface area contributed by atoms with Crippen molar-refractivity contribution < 1.29 is 9.59 Å². The van der Waals surface area contributed by atoms with E-state index in [4.69, 9.17) is 0 Å². The van der Waals surface area contributed by atoms with Gasteiger partial charge in [-0.05, 0) is 26.0 Å². The molecular formula is C12H14N4O2. The third kappa shape index (κ3) is 2.91. The van der Waals surface area contributed by atoms with Crippen molar-refractivity contribution in [2.75, 3.05) is 0 Å². The number of hydrogen-bond donors (Lipinski definition) is 2. The molecule has 0 spiro atoms. The molecule has 0 aliphatic carbocycles. The second kappa shape index (κ2) is 4.95. The molecule has 0 aliphatic rings. The second-order valence-electron chi connectivity index (χ2n) is 4.31. The van der Waals surface area contributed by atoms with Crippen molar-refractivity contribution in [3.63, 3.8) is 0 Å². The average molecular weight is 246 g/mol. The summed E-state index contributed by atoms with van der Waals surface area (Å²) < 4.78 is 0. The van der Waals surface area contributed by atoms with Gasteiger partial charge in [0.15, 0.2) is 0 Å². The fourth-order valence-electron chi connectivity index (χ4n) is 1.70. The van der Waals surface area contributed by atoms with Gasteiger partial charge >= 0.3 is 0 Å². The molecule has 2 N–H and O–H groups in total. The fraction of sp³-hybridized carbons (Fsp3) is 0.333. The van der Waals surface area contributed by atoms with Crippen LogP contribution in [0.5, 0.6) is 0 Å². The normalized spacial score (nSPS) is 10.6. The molecule has 0 radical (unpaired) electrons. The highest BCUT2D eigenvalue weighted by Gasteiger charge is 2.10. The predicted octanol–water partition coefficient (Wildman–Crippen LogP) is 1.06. The van der Waals surface area contributed by atoms with Gasteiger partial charge in [-0.25, -0.2) is 0 Å². The summed E-state index contributed by atoms with van der Waals surface area (Å²) in [5.74, 6) is 0.147. The largest absolute Gasteiger partial charge is 0.300 e. The smallest absolute Gasteiger partial charge is 0.135 e. The van der Waals surface area contributed by atoms with Crippen molar-refractivity contribution in [2.45, 2.75) is 26.7 Å². The van der Waals surface area contributed by atoms with E-state index in [1.54, 1.807) is 12.1 Å². The summed E-state index contributed by atoms with van der Waals surface area (Å²) in [4.78, 5) is 22.0. The first-order valence-electron chi connectivity index (χ1n) is 5.62. The summed E-state index contributed by atoms with van der Waals surface area (Å²) in [5, 5.41) is 13.8. The maximum Gasteiger partial charge on any atom is 0.135 e. The number of hydrogen-bond acceptors (Lipinski definition) is 4. The topological polar surface area (TPSA) is 91.5 Å². The SMILES string of the molecule is CC(=O)Cc1cc(-c2cc(CC(C)=O)[nH]n2)n[nH]1. The minimum atomic E-state index is 0.0736. The number of Topliss-reactive ketones (excluding diaryl/α,β-unsaturated/α-hetero) is 2. The molecule has 2 aromatic heterocycles. The molecule has 2 heterocycles. The summed E-state index contributed by atoms with van der Waals surface area (Å²) in [6.45, 7) is 3.06. The van der Waals surface area contributed by atoms with Crippen LogP contribution in [0.15, 0.2) is 12.1 Å². The minimum absolute atomic E-state index is 0.0736. The average Bonchev–Trinajstić information content (AvgIpc) is 2.85. The molecule has 94 valence electrons. The molecule has 18 heavy (non-hydrogen) atoms. The lowest BCUT2D eigenvalue weighted by atomic mass is 10.2. The Labute approximate surface area is 104 Å². The predicted molar refractivity (Wildman–Crippen MR) is 64.9 cm³/mol. The Kier molecular flexibility index (Phi) is 3.36. The van der Waals surface area contributed by atoms with Gasteiger partial charge in [-0.2, -0.15) is 10.2 Å². The first-order valence-corrected chi connectivity index (χ1v) is 5.62. The number of H-pyrrole nitrogens is 2. The number of carbonyl (C=O) groups is 2. The third-order valence-electron chi connectivity index (χ3n) is 2.40. The molecule has 0 bridgehead atoms. The second-order valence-corrected chi connectivity index (χ2v) is 4.31. The van der Waals surface area contributed by atoms with Crippen LogP contribution in [0.1, 0.15) is 25.2 Å². The number of aromatic amines is 2. The zero-order chi connectivity index (χ0) is 13.1. The van der Waals surface area contributed by atoms with Gasteiger partial charge in [-0.15, -0.1) is 0 Å². The number of carbonyl (C=O) groups excluding carboxylic acids is 2.